The highest BCUT2D eigenvalue weighted by Crippen LogP contribution is 2.23. The number of hydrogen-bond acceptors (Lipinski definition) is 3. The molecular weight excluding hydrogens is 284 g/mol. The largest absolute Gasteiger partial charge is 0.373 e. The first-order valence-electron chi connectivity index (χ1n) is 5.63. The van der Waals surface area contributed by atoms with Crippen LogP contribution in [0.25, 0.3) is 0 Å². The first kappa shape index (κ1) is 12.5. The lowest BCUT2D eigenvalue weighted by atomic mass is 10.0. The molecule has 0 saturated carbocycles. The normalized spacial score (nSPS) is 23.6. The molecule has 5 heteroatoms. The number of nitrogens with zero attached hydrogens (tertiary/aromatic N) is 1. The molecule has 1 unspecified atom stereocenters. The van der Waals surface area contributed by atoms with E-state index in [2.05, 4.69) is 26.2 Å². The lowest BCUT2D eigenvalue weighted by Gasteiger charge is -2.23. The van der Waals surface area contributed by atoms with Crippen molar-refractivity contribution in [3.63, 3.8) is 0 Å². The maximum Gasteiger partial charge on any atom is 0.252 e. The molecule has 1 atom stereocenters. The standard InChI is InChI=1S/C12H15BrN2O2/c1-12(5-2-6-17-12)8-15-11(16)9-3-4-10(13)14-7-9/h3-4,7H,2,5-6,8H2,1H3,(H,15,16). The van der Waals surface area contributed by atoms with Crippen LogP contribution < -0.4 is 5.32 Å². The molecule has 1 amide bonds. The number of rotatable bonds is 3. The first-order valence-corrected chi connectivity index (χ1v) is 6.42. The van der Waals surface area contributed by atoms with E-state index >= 15 is 0 Å². The minimum absolute atomic E-state index is 0.110. The van der Waals surface area contributed by atoms with Crippen molar-refractivity contribution in [2.24, 2.45) is 0 Å². The van der Waals surface area contributed by atoms with Gasteiger partial charge in [0.25, 0.3) is 5.91 Å². The Labute approximate surface area is 109 Å². The summed E-state index contributed by atoms with van der Waals surface area (Å²) in [7, 11) is 0. The highest BCUT2D eigenvalue weighted by molar-refractivity contribution is 9.10. The van der Waals surface area contributed by atoms with E-state index < -0.39 is 0 Å². The van der Waals surface area contributed by atoms with Gasteiger partial charge in [-0.05, 0) is 47.8 Å². The van der Waals surface area contributed by atoms with Crippen LogP contribution in [0.1, 0.15) is 30.1 Å². The van der Waals surface area contributed by atoms with Crippen LogP contribution in [0, 0.1) is 0 Å². The number of hydrogen-bond donors (Lipinski definition) is 1. The fourth-order valence-electron chi connectivity index (χ4n) is 1.86. The number of carbonyl (C=O) groups is 1. The van der Waals surface area contributed by atoms with E-state index in [4.69, 9.17) is 4.74 Å². The topological polar surface area (TPSA) is 51.2 Å². The smallest absolute Gasteiger partial charge is 0.252 e. The van der Waals surface area contributed by atoms with Gasteiger partial charge in [-0.15, -0.1) is 0 Å². The summed E-state index contributed by atoms with van der Waals surface area (Å²) in [6, 6.07) is 3.49. The molecule has 1 aromatic rings. The van der Waals surface area contributed by atoms with Crippen molar-refractivity contribution in [2.75, 3.05) is 13.2 Å². The maximum atomic E-state index is 11.8. The zero-order valence-corrected chi connectivity index (χ0v) is 11.3. The van der Waals surface area contributed by atoms with Crippen LogP contribution in [-0.2, 0) is 4.74 Å². The molecule has 1 aliphatic heterocycles. The lowest BCUT2D eigenvalue weighted by molar-refractivity contribution is 0.0206. The van der Waals surface area contributed by atoms with Crippen LogP contribution in [0.3, 0.4) is 0 Å². The molecule has 17 heavy (non-hydrogen) atoms. The van der Waals surface area contributed by atoms with Gasteiger partial charge >= 0.3 is 0 Å². The minimum atomic E-state index is -0.210. The number of pyridine rings is 1. The third-order valence-corrected chi connectivity index (χ3v) is 3.38. The second-order valence-corrected chi connectivity index (χ2v) is 5.27. The number of amides is 1. The van der Waals surface area contributed by atoms with E-state index in [0.717, 1.165) is 24.1 Å². The molecule has 0 spiro atoms. The Bertz CT molecular complexity index is 399. The molecule has 1 N–H and O–H groups in total. The van der Waals surface area contributed by atoms with Crippen molar-refractivity contribution in [1.82, 2.24) is 10.3 Å². The number of halogens is 1. The molecule has 92 valence electrons. The van der Waals surface area contributed by atoms with Gasteiger partial charge in [0.1, 0.15) is 4.60 Å². The molecular formula is C12H15BrN2O2. The van der Waals surface area contributed by atoms with Gasteiger partial charge in [-0.3, -0.25) is 4.79 Å². The zero-order chi connectivity index (χ0) is 12.3. The number of nitrogens with one attached hydrogen (secondary N) is 1. The highest BCUT2D eigenvalue weighted by atomic mass is 79.9. The molecule has 1 saturated heterocycles. The van der Waals surface area contributed by atoms with Gasteiger partial charge in [0.15, 0.2) is 0 Å². The Morgan fingerprint density at radius 3 is 3.06 bits per heavy atom. The summed E-state index contributed by atoms with van der Waals surface area (Å²) < 4.78 is 6.33. The minimum Gasteiger partial charge on any atom is -0.373 e. The van der Waals surface area contributed by atoms with Crippen molar-refractivity contribution in [1.29, 1.82) is 0 Å². The summed E-state index contributed by atoms with van der Waals surface area (Å²) in [5, 5.41) is 2.88. The summed E-state index contributed by atoms with van der Waals surface area (Å²) in [6.45, 7) is 3.36. The van der Waals surface area contributed by atoms with Crippen molar-refractivity contribution < 1.29 is 9.53 Å². The Morgan fingerprint density at radius 1 is 1.65 bits per heavy atom. The third kappa shape index (κ3) is 3.26. The van der Waals surface area contributed by atoms with Gasteiger partial charge < -0.3 is 10.1 Å². The molecule has 1 aliphatic rings. The van der Waals surface area contributed by atoms with Crippen LogP contribution in [0.4, 0.5) is 0 Å². The van der Waals surface area contributed by atoms with Crippen molar-refractivity contribution in [3.05, 3.63) is 28.5 Å². The monoisotopic (exact) mass is 298 g/mol. The third-order valence-electron chi connectivity index (χ3n) is 2.91. The van der Waals surface area contributed by atoms with Crippen molar-refractivity contribution in [3.8, 4) is 0 Å². The predicted octanol–water partition coefficient (Wildman–Crippen LogP) is 2.14. The summed E-state index contributed by atoms with van der Waals surface area (Å²) in [6.07, 6.45) is 3.61. The molecule has 4 nitrogen and oxygen atoms in total. The number of carbonyl (C=O) groups excluding carboxylic acids is 1. The van der Waals surface area contributed by atoms with E-state index in [0.29, 0.717) is 12.1 Å². The van der Waals surface area contributed by atoms with Gasteiger partial charge in [-0.1, -0.05) is 0 Å². The molecule has 0 radical (unpaired) electrons. The Balaban J connectivity index is 1.91. The Kier molecular flexibility index (Phi) is 3.79. The molecule has 1 aromatic heterocycles. The molecule has 1 fully saturated rings. The highest BCUT2D eigenvalue weighted by Gasteiger charge is 2.30. The maximum absolute atomic E-state index is 11.8. The fourth-order valence-corrected chi connectivity index (χ4v) is 2.09. The number of aromatic nitrogens is 1. The van der Waals surface area contributed by atoms with Crippen LogP contribution in [0.2, 0.25) is 0 Å². The molecule has 2 heterocycles. The molecule has 2 rings (SSSR count). The van der Waals surface area contributed by atoms with Crippen LogP contribution in [0.5, 0.6) is 0 Å². The van der Waals surface area contributed by atoms with Crippen LogP contribution in [0.15, 0.2) is 22.9 Å². The van der Waals surface area contributed by atoms with Crippen molar-refractivity contribution >= 4 is 21.8 Å². The van der Waals surface area contributed by atoms with E-state index in [1.807, 2.05) is 6.92 Å². The van der Waals surface area contributed by atoms with E-state index in [1.165, 1.54) is 0 Å². The average Bonchev–Trinajstić information content (AvgIpc) is 2.75. The Hall–Kier alpha value is -0.940. The van der Waals surface area contributed by atoms with E-state index in [1.54, 1.807) is 18.3 Å². The summed E-state index contributed by atoms with van der Waals surface area (Å²) in [5.41, 5.74) is 0.355. The SMILES string of the molecule is CC1(CNC(=O)c2ccc(Br)nc2)CCCO1. The van der Waals surface area contributed by atoms with Crippen LogP contribution in [-0.4, -0.2) is 29.6 Å². The Morgan fingerprint density at radius 2 is 2.47 bits per heavy atom. The van der Waals surface area contributed by atoms with Crippen molar-refractivity contribution in [2.45, 2.75) is 25.4 Å². The van der Waals surface area contributed by atoms with E-state index in [-0.39, 0.29) is 11.5 Å². The lowest BCUT2D eigenvalue weighted by Crippen LogP contribution is -2.40. The van der Waals surface area contributed by atoms with Gasteiger partial charge in [-0.2, -0.15) is 0 Å². The van der Waals surface area contributed by atoms with E-state index in [9.17, 15) is 4.79 Å². The quantitative estimate of drug-likeness (QED) is 0.870. The van der Waals surface area contributed by atoms with Gasteiger partial charge in [0.05, 0.1) is 11.2 Å². The summed E-state index contributed by atoms with van der Waals surface area (Å²) in [4.78, 5) is 15.9. The van der Waals surface area contributed by atoms with Gasteiger partial charge in [0.2, 0.25) is 0 Å². The summed E-state index contributed by atoms with van der Waals surface area (Å²) >= 11 is 3.23. The summed E-state index contributed by atoms with van der Waals surface area (Å²) in [5.74, 6) is -0.110. The molecule has 0 aromatic carbocycles. The predicted molar refractivity (Wildman–Crippen MR) is 67.9 cm³/mol. The molecule has 0 aliphatic carbocycles. The second-order valence-electron chi connectivity index (χ2n) is 4.45. The molecule has 0 bridgehead atoms. The fraction of sp³-hybridized carbons (Fsp3) is 0.500. The second kappa shape index (κ2) is 5.14. The first-order chi connectivity index (χ1) is 8.09. The van der Waals surface area contributed by atoms with Gasteiger partial charge in [0, 0.05) is 19.3 Å². The number of ether oxygens (including phenoxy) is 1. The van der Waals surface area contributed by atoms with Gasteiger partial charge in [-0.25, -0.2) is 4.98 Å². The average molecular weight is 299 g/mol. The van der Waals surface area contributed by atoms with Crippen LogP contribution >= 0.6 is 15.9 Å². The zero-order valence-electron chi connectivity index (χ0n) is 9.70.